The molecule has 0 heterocycles. The average Bonchev–Trinajstić information content (AvgIpc) is 3.12. The number of urea groups is 1. The highest BCUT2D eigenvalue weighted by molar-refractivity contribution is 5.84. The number of rotatable bonds is 17. The molecule has 9 heteroatoms. The Morgan fingerprint density at radius 2 is 1.20 bits per heavy atom. The molecule has 0 aromatic heterocycles. The largest absolute Gasteiger partial charge is 0.464 e. The van der Waals surface area contributed by atoms with Gasteiger partial charge in [0.15, 0.2) is 0 Å². The van der Waals surface area contributed by atoms with Crippen LogP contribution >= 0.6 is 0 Å². The molecule has 2 N–H and O–H groups in total. The van der Waals surface area contributed by atoms with Crippen LogP contribution in [0.3, 0.4) is 0 Å². The molecule has 0 spiro atoms. The smallest absolute Gasteiger partial charge is 0.329 e. The first kappa shape index (κ1) is 37.4. The van der Waals surface area contributed by atoms with Crippen LogP contribution < -0.4 is 10.6 Å². The molecule has 0 aliphatic carbocycles. The van der Waals surface area contributed by atoms with Gasteiger partial charge >= 0.3 is 18.0 Å². The number of carbonyl (C=O) groups excluding carboxylic acids is 4. The third-order valence-electron chi connectivity index (χ3n) is 8.00. The summed E-state index contributed by atoms with van der Waals surface area (Å²) in [6.07, 6.45) is 0.556. The van der Waals surface area contributed by atoms with Crippen LogP contribution in [0.4, 0.5) is 4.79 Å². The summed E-state index contributed by atoms with van der Waals surface area (Å²) >= 11 is 0. The maximum Gasteiger partial charge on any atom is 0.329 e. The molecule has 0 radical (unpaired) electrons. The maximum atomic E-state index is 14.1. The minimum absolute atomic E-state index is 0.0124. The zero-order valence-electron chi connectivity index (χ0n) is 29.0. The summed E-state index contributed by atoms with van der Waals surface area (Å²) in [5.41, 5.74) is 4.72. The second-order valence-electron chi connectivity index (χ2n) is 12.7. The standard InChI is InChI=1S/C41H47N3O6/c1-30(2)27-44(28-37(25-32-13-7-4-8-14-32)39(46)49-24-23-42-31(3)45)41(48)43-38(40(47)50-29-34-15-9-5-10-16-34)26-33-19-21-36(22-20-33)35-17-11-6-12-18-35/h4-22,30,37-38H,23-29H2,1-3H3,(H,42,45)(H,43,48)/t37?,38-/m0/s1. The molecule has 4 aromatic rings. The third-order valence-corrected chi connectivity index (χ3v) is 8.00. The third kappa shape index (κ3) is 12.5. The van der Waals surface area contributed by atoms with Crippen molar-refractivity contribution in [3.63, 3.8) is 0 Å². The molecule has 0 aliphatic rings. The lowest BCUT2D eigenvalue weighted by Crippen LogP contribution is -2.52. The van der Waals surface area contributed by atoms with Crippen LogP contribution in [-0.2, 0) is 43.3 Å². The summed E-state index contributed by atoms with van der Waals surface area (Å²) in [6.45, 7) is 6.04. The number of esters is 2. The van der Waals surface area contributed by atoms with E-state index in [4.69, 9.17) is 9.47 Å². The van der Waals surface area contributed by atoms with Crippen molar-refractivity contribution in [2.45, 2.75) is 46.3 Å². The molecule has 4 aromatic carbocycles. The Hall–Kier alpha value is -5.44. The summed E-state index contributed by atoms with van der Waals surface area (Å²) < 4.78 is 11.3. The van der Waals surface area contributed by atoms with Gasteiger partial charge in [0.25, 0.3) is 0 Å². The van der Waals surface area contributed by atoms with Gasteiger partial charge < -0.3 is 25.0 Å². The molecular formula is C41H47N3O6. The molecule has 2 atom stereocenters. The van der Waals surface area contributed by atoms with Crippen LogP contribution in [0.5, 0.6) is 0 Å². The van der Waals surface area contributed by atoms with E-state index in [1.54, 1.807) is 4.90 Å². The summed E-state index contributed by atoms with van der Waals surface area (Å²) in [5, 5.41) is 5.56. The lowest BCUT2D eigenvalue weighted by Gasteiger charge is -2.30. The van der Waals surface area contributed by atoms with Crippen LogP contribution in [0.25, 0.3) is 11.1 Å². The van der Waals surface area contributed by atoms with Crippen LogP contribution in [0.1, 0.15) is 37.5 Å². The van der Waals surface area contributed by atoms with Crippen molar-refractivity contribution < 1.29 is 28.7 Å². The molecular weight excluding hydrogens is 630 g/mol. The Kier molecular flexibility index (Phi) is 14.6. The first-order chi connectivity index (χ1) is 24.2. The van der Waals surface area contributed by atoms with Crippen molar-refractivity contribution in [3.05, 3.63) is 132 Å². The molecule has 4 rings (SSSR count). The van der Waals surface area contributed by atoms with Crippen LogP contribution in [0, 0.1) is 11.8 Å². The maximum absolute atomic E-state index is 14.1. The minimum Gasteiger partial charge on any atom is -0.464 e. The SMILES string of the molecule is CC(=O)NCCOC(=O)C(Cc1ccccc1)CN(CC(C)C)C(=O)N[C@@H](Cc1ccc(-c2ccccc2)cc1)C(=O)OCc1ccccc1. The van der Waals surface area contributed by atoms with Gasteiger partial charge in [0.1, 0.15) is 19.3 Å². The molecule has 3 amide bonds. The van der Waals surface area contributed by atoms with Gasteiger partial charge in [-0.1, -0.05) is 129 Å². The lowest BCUT2D eigenvalue weighted by atomic mass is 9.98. The second-order valence-corrected chi connectivity index (χ2v) is 12.7. The predicted molar refractivity (Wildman–Crippen MR) is 194 cm³/mol. The summed E-state index contributed by atoms with van der Waals surface area (Å²) in [5.74, 6) is -1.86. The fraction of sp³-hybridized carbons (Fsp3) is 0.317. The number of nitrogens with zero attached hydrogens (tertiary/aromatic N) is 1. The molecule has 1 unspecified atom stereocenters. The Bertz CT molecular complexity index is 1650. The first-order valence-electron chi connectivity index (χ1n) is 17.0. The molecule has 50 heavy (non-hydrogen) atoms. The van der Waals surface area contributed by atoms with Gasteiger partial charge in [0, 0.05) is 26.4 Å². The van der Waals surface area contributed by atoms with Crippen molar-refractivity contribution >= 4 is 23.9 Å². The van der Waals surface area contributed by atoms with Gasteiger partial charge in [-0.3, -0.25) is 9.59 Å². The number of benzene rings is 4. The van der Waals surface area contributed by atoms with E-state index in [1.807, 2.05) is 129 Å². The number of amides is 3. The highest BCUT2D eigenvalue weighted by atomic mass is 16.5. The topological polar surface area (TPSA) is 114 Å². The zero-order valence-corrected chi connectivity index (χ0v) is 29.0. The van der Waals surface area contributed by atoms with Crippen LogP contribution in [0.15, 0.2) is 115 Å². The summed E-state index contributed by atoms with van der Waals surface area (Å²) in [7, 11) is 0. The van der Waals surface area contributed by atoms with E-state index < -0.39 is 29.9 Å². The van der Waals surface area contributed by atoms with Gasteiger partial charge in [0.2, 0.25) is 5.91 Å². The number of carbonyl (C=O) groups is 4. The molecule has 9 nitrogen and oxygen atoms in total. The van der Waals surface area contributed by atoms with E-state index in [9.17, 15) is 19.2 Å². The van der Waals surface area contributed by atoms with Gasteiger partial charge in [0.05, 0.1) is 12.5 Å². The van der Waals surface area contributed by atoms with Gasteiger partial charge in [-0.05, 0) is 40.2 Å². The van der Waals surface area contributed by atoms with E-state index in [1.165, 1.54) is 6.92 Å². The van der Waals surface area contributed by atoms with Gasteiger partial charge in [-0.15, -0.1) is 0 Å². The van der Waals surface area contributed by atoms with E-state index in [-0.39, 0.29) is 44.5 Å². The highest BCUT2D eigenvalue weighted by Crippen LogP contribution is 2.20. The fourth-order valence-corrected chi connectivity index (χ4v) is 5.53. The Morgan fingerprint density at radius 3 is 1.80 bits per heavy atom. The molecule has 0 saturated carbocycles. The monoisotopic (exact) mass is 677 g/mol. The number of hydrogen-bond donors (Lipinski definition) is 2. The van der Waals surface area contributed by atoms with Crippen molar-refractivity contribution in [2.24, 2.45) is 11.8 Å². The molecule has 0 fully saturated rings. The quantitative estimate of drug-likeness (QED) is 0.101. The van der Waals surface area contributed by atoms with Gasteiger partial charge in [-0.2, -0.15) is 0 Å². The lowest BCUT2D eigenvalue weighted by molar-refractivity contribution is -0.149. The first-order valence-corrected chi connectivity index (χ1v) is 17.0. The normalized spacial score (nSPS) is 12.0. The fourth-order valence-electron chi connectivity index (χ4n) is 5.53. The average molecular weight is 678 g/mol. The number of nitrogens with one attached hydrogen (secondary N) is 2. The highest BCUT2D eigenvalue weighted by Gasteiger charge is 2.30. The van der Waals surface area contributed by atoms with Gasteiger partial charge in [-0.25, -0.2) is 9.59 Å². The Balaban J connectivity index is 1.53. The molecule has 262 valence electrons. The summed E-state index contributed by atoms with van der Waals surface area (Å²) in [4.78, 5) is 53.9. The van der Waals surface area contributed by atoms with E-state index in [0.29, 0.717) is 13.0 Å². The zero-order chi connectivity index (χ0) is 35.7. The Morgan fingerprint density at radius 1 is 0.640 bits per heavy atom. The number of ether oxygens (including phenoxy) is 2. The van der Waals surface area contributed by atoms with Crippen molar-refractivity contribution in [1.29, 1.82) is 0 Å². The van der Waals surface area contributed by atoms with Crippen LogP contribution in [0.2, 0.25) is 0 Å². The predicted octanol–water partition coefficient (Wildman–Crippen LogP) is 6.21. The van der Waals surface area contributed by atoms with Crippen molar-refractivity contribution in [1.82, 2.24) is 15.5 Å². The van der Waals surface area contributed by atoms with Crippen LogP contribution in [-0.4, -0.2) is 61.1 Å². The molecule has 0 saturated heterocycles. The van der Waals surface area contributed by atoms with E-state index in [0.717, 1.165) is 27.8 Å². The molecule has 0 bridgehead atoms. The summed E-state index contributed by atoms with van der Waals surface area (Å²) in [6, 6.07) is 35.3. The van der Waals surface area contributed by atoms with Crippen molar-refractivity contribution in [2.75, 3.05) is 26.2 Å². The van der Waals surface area contributed by atoms with E-state index >= 15 is 0 Å². The molecule has 0 aliphatic heterocycles. The van der Waals surface area contributed by atoms with E-state index in [2.05, 4.69) is 10.6 Å². The minimum atomic E-state index is -0.986. The second kappa shape index (κ2) is 19.5. The van der Waals surface area contributed by atoms with Crippen molar-refractivity contribution in [3.8, 4) is 11.1 Å². The number of hydrogen-bond acceptors (Lipinski definition) is 6. The Labute approximate surface area is 295 Å².